The van der Waals surface area contributed by atoms with Crippen LogP contribution in [0.4, 0.5) is 0 Å². The van der Waals surface area contributed by atoms with E-state index in [1.54, 1.807) is 0 Å². The highest BCUT2D eigenvalue weighted by Crippen LogP contribution is 2.21. The molecular weight excluding hydrogens is 256 g/mol. The van der Waals surface area contributed by atoms with Crippen LogP contribution in [0.3, 0.4) is 0 Å². The van der Waals surface area contributed by atoms with Gasteiger partial charge in [-0.3, -0.25) is 0 Å². The number of aliphatic hydroxyl groups excluding tert-OH is 1. The maximum atomic E-state index is 9.85. The Morgan fingerprint density at radius 3 is 1.33 bits per heavy atom. The number of aliphatic hydroxyl groups is 1. The van der Waals surface area contributed by atoms with E-state index < -0.39 is 0 Å². The molecule has 1 nitrogen and oxygen atoms in total. The molecule has 21 heavy (non-hydrogen) atoms. The Labute approximate surface area is 134 Å². The molecule has 0 aliphatic rings. The van der Waals surface area contributed by atoms with Crippen LogP contribution in [0.15, 0.2) is 0 Å². The molecule has 0 rings (SSSR count). The maximum Gasteiger partial charge on any atom is 0.0540 e. The molecule has 0 aliphatic carbocycles. The highest BCUT2D eigenvalue weighted by Gasteiger charge is 2.13. The van der Waals surface area contributed by atoms with E-state index in [9.17, 15) is 5.11 Å². The van der Waals surface area contributed by atoms with Gasteiger partial charge in [0.2, 0.25) is 0 Å². The summed E-state index contributed by atoms with van der Waals surface area (Å²) < 4.78 is 0. The molecule has 0 spiro atoms. The van der Waals surface area contributed by atoms with Crippen LogP contribution in [0.2, 0.25) is 0 Å². The average molecular weight is 299 g/mol. The predicted octanol–water partition coefficient (Wildman–Crippen LogP) is 6.87. The molecular formula is C20H42O. The van der Waals surface area contributed by atoms with Gasteiger partial charge in [0.25, 0.3) is 0 Å². The number of unbranched alkanes of at least 4 members (excludes halogenated alkanes) is 11. The Morgan fingerprint density at radius 2 is 0.905 bits per heavy atom. The fraction of sp³-hybridized carbons (Fsp3) is 1.00. The largest absolute Gasteiger partial charge is 0.393 e. The SMILES string of the molecule is CCCCCCCCCCCCC(CCCCC)C(C)O. The quantitative estimate of drug-likeness (QED) is 0.308. The third kappa shape index (κ3) is 14.7. The first kappa shape index (κ1) is 21.0. The van der Waals surface area contributed by atoms with Crippen LogP contribution < -0.4 is 0 Å². The van der Waals surface area contributed by atoms with Crippen molar-refractivity contribution >= 4 is 0 Å². The van der Waals surface area contributed by atoms with E-state index in [1.165, 1.54) is 96.3 Å². The lowest BCUT2D eigenvalue weighted by molar-refractivity contribution is 0.111. The third-order valence-corrected chi connectivity index (χ3v) is 4.79. The first-order valence-electron chi connectivity index (χ1n) is 9.90. The summed E-state index contributed by atoms with van der Waals surface area (Å²) in [7, 11) is 0. The molecule has 0 saturated carbocycles. The highest BCUT2D eigenvalue weighted by molar-refractivity contribution is 4.65. The minimum atomic E-state index is -0.111. The zero-order valence-electron chi connectivity index (χ0n) is 15.2. The number of rotatable bonds is 16. The summed E-state index contributed by atoms with van der Waals surface area (Å²) in [4.78, 5) is 0. The zero-order valence-corrected chi connectivity index (χ0v) is 15.2. The molecule has 0 saturated heterocycles. The van der Waals surface area contributed by atoms with E-state index >= 15 is 0 Å². The molecule has 0 aromatic rings. The van der Waals surface area contributed by atoms with E-state index in [-0.39, 0.29) is 6.10 Å². The van der Waals surface area contributed by atoms with Crippen LogP contribution >= 0.6 is 0 Å². The average Bonchev–Trinajstić information content (AvgIpc) is 2.47. The first-order chi connectivity index (χ1) is 10.2. The van der Waals surface area contributed by atoms with Gasteiger partial charge in [-0.1, -0.05) is 97.3 Å². The van der Waals surface area contributed by atoms with Gasteiger partial charge in [-0.15, -0.1) is 0 Å². The molecule has 1 N–H and O–H groups in total. The molecule has 0 radical (unpaired) electrons. The van der Waals surface area contributed by atoms with Gasteiger partial charge in [0, 0.05) is 0 Å². The van der Waals surface area contributed by atoms with Crippen LogP contribution in [0, 0.1) is 5.92 Å². The first-order valence-corrected chi connectivity index (χ1v) is 9.90. The summed E-state index contributed by atoms with van der Waals surface area (Å²) in [5.41, 5.74) is 0. The third-order valence-electron chi connectivity index (χ3n) is 4.79. The number of hydrogen-bond donors (Lipinski definition) is 1. The monoisotopic (exact) mass is 298 g/mol. The van der Waals surface area contributed by atoms with Crippen molar-refractivity contribution in [2.24, 2.45) is 5.92 Å². The lowest BCUT2D eigenvalue weighted by Gasteiger charge is -2.19. The zero-order chi connectivity index (χ0) is 15.8. The summed E-state index contributed by atoms with van der Waals surface area (Å²) >= 11 is 0. The Kier molecular flexibility index (Phi) is 16.3. The minimum Gasteiger partial charge on any atom is -0.393 e. The van der Waals surface area contributed by atoms with Gasteiger partial charge in [-0.25, -0.2) is 0 Å². The molecule has 2 atom stereocenters. The smallest absolute Gasteiger partial charge is 0.0540 e. The normalized spacial score (nSPS) is 14.3. The fourth-order valence-corrected chi connectivity index (χ4v) is 3.18. The van der Waals surface area contributed by atoms with E-state index in [0.717, 1.165) is 0 Å². The van der Waals surface area contributed by atoms with Gasteiger partial charge in [0.15, 0.2) is 0 Å². The van der Waals surface area contributed by atoms with Crippen LogP contribution in [-0.2, 0) is 0 Å². The summed E-state index contributed by atoms with van der Waals surface area (Å²) in [6.45, 7) is 6.51. The molecule has 2 unspecified atom stereocenters. The molecule has 128 valence electrons. The predicted molar refractivity (Wildman–Crippen MR) is 95.8 cm³/mol. The molecule has 0 aromatic heterocycles. The molecule has 0 aromatic carbocycles. The van der Waals surface area contributed by atoms with Gasteiger partial charge < -0.3 is 5.11 Å². The summed E-state index contributed by atoms with van der Waals surface area (Å²) in [6.07, 6.45) is 20.3. The molecule has 0 heterocycles. The van der Waals surface area contributed by atoms with Crippen molar-refractivity contribution in [1.82, 2.24) is 0 Å². The summed E-state index contributed by atoms with van der Waals surface area (Å²) in [5, 5.41) is 9.85. The molecule has 0 aliphatic heterocycles. The van der Waals surface area contributed by atoms with Crippen LogP contribution in [0.5, 0.6) is 0 Å². The second kappa shape index (κ2) is 16.3. The van der Waals surface area contributed by atoms with Gasteiger partial charge in [-0.2, -0.15) is 0 Å². The fourth-order valence-electron chi connectivity index (χ4n) is 3.18. The van der Waals surface area contributed by atoms with Crippen molar-refractivity contribution in [3.05, 3.63) is 0 Å². The molecule has 0 bridgehead atoms. The molecule has 0 fully saturated rings. The topological polar surface area (TPSA) is 20.2 Å². The maximum absolute atomic E-state index is 9.85. The highest BCUT2D eigenvalue weighted by atomic mass is 16.3. The Morgan fingerprint density at radius 1 is 0.571 bits per heavy atom. The summed E-state index contributed by atoms with van der Waals surface area (Å²) in [5.74, 6) is 0.547. The lowest BCUT2D eigenvalue weighted by Crippen LogP contribution is -2.16. The van der Waals surface area contributed by atoms with Crippen molar-refractivity contribution in [2.45, 2.75) is 123 Å². The number of hydrogen-bond acceptors (Lipinski definition) is 1. The minimum absolute atomic E-state index is 0.111. The van der Waals surface area contributed by atoms with Gasteiger partial charge in [0.1, 0.15) is 0 Å². The van der Waals surface area contributed by atoms with Crippen molar-refractivity contribution < 1.29 is 5.11 Å². The molecule has 1 heteroatoms. The van der Waals surface area contributed by atoms with Gasteiger partial charge in [-0.05, 0) is 25.7 Å². The summed E-state index contributed by atoms with van der Waals surface area (Å²) in [6, 6.07) is 0. The van der Waals surface area contributed by atoms with Crippen LogP contribution in [-0.4, -0.2) is 11.2 Å². The van der Waals surface area contributed by atoms with Gasteiger partial charge >= 0.3 is 0 Å². The Bertz CT molecular complexity index is 188. The van der Waals surface area contributed by atoms with Crippen LogP contribution in [0.1, 0.15) is 117 Å². The Balaban J connectivity index is 3.37. The molecule has 0 amide bonds. The second-order valence-electron chi connectivity index (χ2n) is 6.97. The Hall–Kier alpha value is -0.0400. The van der Waals surface area contributed by atoms with Crippen molar-refractivity contribution in [2.75, 3.05) is 0 Å². The van der Waals surface area contributed by atoms with Crippen molar-refractivity contribution in [3.63, 3.8) is 0 Å². The van der Waals surface area contributed by atoms with Crippen molar-refractivity contribution in [1.29, 1.82) is 0 Å². The van der Waals surface area contributed by atoms with E-state index in [0.29, 0.717) is 5.92 Å². The van der Waals surface area contributed by atoms with E-state index in [1.807, 2.05) is 6.92 Å². The van der Waals surface area contributed by atoms with E-state index in [4.69, 9.17) is 0 Å². The van der Waals surface area contributed by atoms with Crippen molar-refractivity contribution in [3.8, 4) is 0 Å². The second-order valence-corrected chi connectivity index (χ2v) is 6.97. The lowest BCUT2D eigenvalue weighted by atomic mass is 9.90. The van der Waals surface area contributed by atoms with Crippen LogP contribution in [0.25, 0.3) is 0 Å². The van der Waals surface area contributed by atoms with E-state index in [2.05, 4.69) is 13.8 Å². The van der Waals surface area contributed by atoms with Gasteiger partial charge in [0.05, 0.1) is 6.10 Å². The standard InChI is InChI=1S/C20H42O/c1-4-6-8-9-10-11-12-13-14-16-18-20(19(3)21)17-15-7-5-2/h19-21H,4-18H2,1-3H3.